The number of aryl methyl sites for hydroxylation is 2. The summed E-state index contributed by atoms with van der Waals surface area (Å²) in [6.45, 7) is 4.08. The second-order valence-corrected chi connectivity index (χ2v) is 6.48. The predicted octanol–water partition coefficient (Wildman–Crippen LogP) is 4.68. The van der Waals surface area contributed by atoms with Crippen molar-refractivity contribution in [1.82, 2.24) is 24.3 Å². The van der Waals surface area contributed by atoms with Gasteiger partial charge in [0.25, 0.3) is 0 Å². The lowest BCUT2D eigenvalue weighted by Gasteiger charge is -2.13. The standard InChI is InChI=1S/C21H17N5O/c1-13-11-15(27-21-17-5-7-22-18(17)6-8-24-21)3-4-16(13)20-14(2)25-12-19-23-9-10-26(19)20/h3-12,22H,1-2H3. The van der Waals surface area contributed by atoms with E-state index < -0.39 is 0 Å². The van der Waals surface area contributed by atoms with Crippen LogP contribution in [0.3, 0.4) is 0 Å². The molecule has 132 valence electrons. The Hall–Kier alpha value is -3.67. The first-order chi connectivity index (χ1) is 13.2. The van der Waals surface area contributed by atoms with E-state index in [1.807, 2.05) is 43.6 Å². The average molecular weight is 355 g/mol. The number of hydrogen-bond acceptors (Lipinski definition) is 4. The maximum atomic E-state index is 6.06. The molecule has 5 rings (SSSR count). The van der Waals surface area contributed by atoms with Crippen LogP contribution in [0.4, 0.5) is 0 Å². The molecule has 4 aromatic heterocycles. The fraction of sp³-hybridized carbons (Fsp3) is 0.0952. The second kappa shape index (κ2) is 5.95. The van der Waals surface area contributed by atoms with Gasteiger partial charge in [0.15, 0.2) is 5.65 Å². The molecule has 6 heteroatoms. The van der Waals surface area contributed by atoms with Gasteiger partial charge >= 0.3 is 0 Å². The van der Waals surface area contributed by atoms with Gasteiger partial charge in [0, 0.05) is 30.4 Å². The van der Waals surface area contributed by atoms with Gasteiger partial charge in [0.05, 0.1) is 28.5 Å². The molecule has 5 aromatic rings. The number of aromatic amines is 1. The van der Waals surface area contributed by atoms with Crippen LogP contribution in [0.25, 0.3) is 27.8 Å². The highest BCUT2D eigenvalue weighted by Crippen LogP contribution is 2.32. The molecule has 0 fully saturated rings. The SMILES string of the molecule is Cc1cc(Oc2nccc3[nH]ccc23)ccc1-c1c(C)ncc2nccn12. The zero-order valence-electron chi connectivity index (χ0n) is 15.0. The van der Waals surface area contributed by atoms with E-state index in [-0.39, 0.29) is 0 Å². The lowest BCUT2D eigenvalue weighted by molar-refractivity contribution is 0.469. The van der Waals surface area contributed by atoms with Gasteiger partial charge in [-0.25, -0.2) is 9.97 Å². The largest absolute Gasteiger partial charge is 0.438 e. The number of H-pyrrole nitrogens is 1. The van der Waals surface area contributed by atoms with Crippen LogP contribution in [0.15, 0.2) is 61.3 Å². The smallest absolute Gasteiger partial charge is 0.228 e. The van der Waals surface area contributed by atoms with Gasteiger partial charge < -0.3 is 9.72 Å². The Morgan fingerprint density at radius 2 is 1.93 bits per heavy atom. The van der Waals surface area contributed by atoms with Crippen molar-refractivity contribution in [2.45, 2.75) is 13.8 Å². The highest BCUT2D eigenvalue weighted by atomic mass is 16.5. The first-order valence-electron chi connectivity index (χ1n) is 8.70. The minimum Gasteiger partial charge on any atom is -0.438 e. The molecule has 1 N–H and O–H groups in total. The molecule has 0 aliphatic rings. The summed E-state index contributed by atoms with van der Waals surface area (Å²) in [6.07, 6.45) is 9.16. The van der Waals surface area contributed by atoms with Crippen LogP contribution < -0.4 is 4.74 Å². The summed E-state index contributed by atoms with van der Waals surface area (Å²) < 4.78 is 8.12. The number of ether oxygens (including phenoxy) is 1. The molecular weight excluding hydrogens is 338 g/mol. The van der Waals surface area contributed by atoms with Crippen molar-refractivity contribution in [3.63, 3.8) is 0 Å². The molecule has 0 radical (unpaired) electrons. The summed E-state index contributed by atoms with van der Waals surface area (Å²) in [6, 6.07) is 9.94. The summed E-state index contributed by atoms with van der Waals surface area (Å²) in [5.41, 5.74) is 6.03. The van der Waals surface area contributed by atoms with E-state index in [4.69, 9.17) is 4.74 Å². The molecule has 4 heterocycles. The molecule has 0 saturated heterocycles. The fourth-order valence-corrected chi connectivity index (χ4v) is 3.43. The maximum Gasteiger partial charge on any atom is 0.228 e. The number of hydrogen-bond donors (Lipinski definition) is 1. The Morgan fingerprint density at radius 1 is 1.00 bits per heavy atom. The highest BCUT2D eigenvalue weighted by Gasteiger charge is 2.13. The second-order valence-electron chi connectivity index (χ2n) is 6.48. The van der Waals surface area contributed by atoms with Crippen LogP contribution in [0.1, 0.15) is 11.3 Å². The van der Waals surface area contributed by atoms with Crippen LogP contribution in [0.2, 0.25) is 0 Å². The van der Waals surface area contributed by atoms with Gasteiger partial charge in [-0.05, 0) is 49.7 Å². The van der Waals surface area contributed by atoms with Crippen molar-refractivity contribution in [3.8, 4) is 22.9 Å². The van der Waals surface area contributed by atoms with Gasteiger partial charge in [-0.15, -0.1) is 0 Å². The third-order valence-electron chi connectivity index (χ3n) is 4.74. The van der Waals surface area contributed by atoms with Gasteiger partial charge in [0.1, 0.15) is 5.75 Å². The molecule has 0 amide bonds. The van der Waals surface area contributed by atoms with E-state index in [0.29, 0.717) is 5.88 Å². The highest BCUT2D eigenvalue weighted by molar-refractivity contribution is 5.84. The van der Waals surface area contributed by atoms with Crippen molar-refractivity contribution in [1.29, 1.82) is 0 Å². The van der Waals surface area contributed by atoms with Gasteiger partial charge in [-0.2, -0.15) is 0 Å². The Kier molecular flexibility index (Phi) is 3.43. The normalized spacial score (nSPS) is 11.3. The third kappa shape index (κ3) is 2.54. The first kappa shape index (κ1) is 15.6. The summed E-state index contributed by atoms with van der Waals surface area (Å²) in [5, 5.41) is 0.961. The minimum atomic E-state index is 0.593. The Morgan fingerprint density at radius 3 is 2.81 bits per heavy atom. The molecule has 0 aliphatic heterocycles. The number of nitrogens with zero attached hydrogens (tertiary/aromatic N) is 4. The number of pyridine rings is 1. The molecular formula is C21H17N5O. The monoisotopic (exact) mass is 355 g/mol. The quantitative estimate of drug-likeness (QED) is 0.510. The van der Waals surface area contributed by atoms with E-state index in [9.17, 15) is 0 Å². The lowest BCUT2D eigenvalue weighted by Crippen LogP contribution is -1.99. The Balaban J connectivity index is 1.57. The number of rotatable bonds is 3. The average Bonchev–Trinajstić information content (AvgIpc) is 3.32. The zero-order chi connectivity index (χ0) is 18.4. The molecule has 0 saturated carbocycles. The molecule has 0 atom stereocenters. The minimum absolute atomic E-state index is 0.593. The van der Waals surface area contributed by atoms with Crippen LogP contribution in [0, 0.1) is 13.8 Å². The number of nitrogens with one attached hydrogen (secondary N) is 1. The van der Waals surface area contributed by atoms with Gasteiger partial charge in [0.2, 0.25) is 5.88 Å². The Labute approximate surface area is 155 Å². The van der Waals surface area contributed by atoms with Crippen molar-refractivity contribution >= 4 is 16.6 Å². The molecule has 1 aromatic carbocycles. The van der Waals surface area contributed by atoms with Crippen LogP contribution in [-0.4, -0.2) is 24.3 Å². The van der Waals surface area contributed by atoms with Crippen LogP contribution >= 0.6 is 0 Å². The maximum absolute atomic E-state index is 6.06. The number of fused-ring (bicyclic) bond motifs is 2. The van der Waals surface area contributed by atoms with Gasteiger partial charge in [-0.1, -0.05) is 0 Å². The van der Waals surface area contributed by atoms with E-state index in [1.165, 1.54) is 0 Å². The van der Waals surface area contributed by atoms with E-state index in [0.717, 1.165) is 44.8 Å². The molecule has 0 spiro atoms. The van der Waals surface area contributed by atoms with E-state index in [1.54, 1.807) is 18.6 Å². The molecule has 27 heavy (non-hydrogen) atoms. The van der Waals surface area contributed by atoms with E-state index >= 15 is 0 Å². The number of benzene rings is 1. The van der Waals surface area contributed by atoms with Crippen LogP contribution in [-0.2, 0) is 0 Å². The summed E-state index contributed by atoms with van der Waals surface area (Å²) in [5.74, 6) is 1.34. The van der Waals surface area contributed by atoms with Gasteiger partial charge in [-0.3, -0.25) is 9.38 Å². The third-order valence-corrected chi connectivity index (χ3v) is 4.74. The predicted molar refractivity (Wildman–Crippen MR) is 104 cm³/mol. The molecule has 0 aliphatic carbocycles. The Bertz CT molecular complexity index is 1280. The number of aromatic nitrogens is 5. The number of imidazole rings is 1. The zero-order valence-corrected chi connectivity index (χ0v) is 15.0. The van der Waals surface area contributed by atoms with Crippen molar-refractivity contribution in [2.24, 2.45) is 0 Å². The van der Waals surface area contributed by atoms with Crippen molar-refractivity contribution in [2.75, 3.05) is 0 Å². The molecule has 0 bridgehead atoms. The summed E-state index contributed by atoms with van der Waals surface area (Å²) in [4.78, 5) is 16.4. The first-order valence-corrected chi connectivity index (χ1v) is 8.70. The topological polar surface area (TPSA) is 68.1 Å². The van der Waals surface area contributed by atoms with E-state index in [2.05, 4.69) is 37.3 Å². The molecule has 6 nitrogen and oxygen atoms in total. The lowest BCUT2D eigenvalue weighted by atomic mass is 10.0. The molecule has 0 unspecified atom stereocenters. The summed E-state index contributed by atoms with van der Waals surface area (Å²) in [7, 11) is 0. The fourth-order valence-electron chi connectivity index (χ4n) is 3.43. The van der Waals surface area contributed by atoms with Crippen molar-refractivity contribution in [3.05, 3.63) is 72.6 Å². The summed E-state index contributed by atoms with van der Waals surface area (Å²) >= 11 is 0. The van der Waals surface area contributed by atoms with Crippen LogP contribution in [0.5, 0.6) is 11.6 Å². The van der Waals surface area contributed by atoms with Crippen molar-refractivity contribution < 1.29 is 4.74 Å².